The topological polar surface area (TPSA) is 104 Å². The van der Waals surface area contributed by atoms with Crippen LogP contribution in [0.4, 0.5) is 10.2 Å². The zero-order valence-corrected chi connectivity index (χ0v) is 14.7. The number of carbonyl (C=O) groups is 1. The molecule has 0 saturated carbocycles. The highest BCUT2D eigenvalue weighted by molar-refractivity contribution is 7.88. The summed E-state index contributed by atoms with van der Waals surface area (Å²) < 4.78 is 37.4. The molecule has 3 aromatic rings. The van der Waals surface area contributed by atoms with E-state index in [1.807, 2.05) is 0 Å². The molecule has 9 heteroatoms. The Morgan fingerprint density at radius 2 is 2.08 bits per heavy atom. The summed E-state index contributed by atoms with van der Waals surface area (Å²) in [5.74, 6) is -0.291. The smallest absolute Gasteiger partial charge is 0.226 e. The van der Waals surface area contributed by atoms with Crippen LogP contribution in [0, 0.1) is 5.82 Å². The van der Waals surface area contributed by atoms with Gasteiger partial charge in [-0.25, -0.2) is 22.5 Å². The summed E-state index contributed by atoms with van der Waals surface area (Å²) in [6.45, 7) is 0.0225. The van der Waals surface area contributed by atoms with Gasteiger partial charge in [0.25, 0.3) is 0 Å². The van der Waals surface area contributed by atoms with E-state index in [2.05, 4.69) is 20.0 Å². The van der Waals surface area contributed by atoms with Crippen molar-refractivity contribution in [2.75, 3.05) is 18.1 Å². The van der Waals surface area contributed by atoms with E-state index in [1.165, 1.54) is 12.1 Å². The minimum atomic E-state index is -3.32. The molecule has 2 heterocycles. The molecule has 0 atom stereocenters. The number of H-pyrrole nitrogens is 1. The molecule has 0 unspecified atom stereocenters. The van der Waals surface area contributed by atoms with Crippen molar-refractivity contribution in [1.29, 1.82) is 0 Å². The van der Waals surface area contributed by atoms with Gasteiger partial charge in [0.15, 0.2) is 0 Å². The van der Waals surface area contributed by atoms with Gasteiger partial charge in [-0.3, -0.25) is 4.79 Å². The molecule has 0 spiro atoms. The summed E-state index contributed by atoms with van der Waals surface area (Å²) in [5.41, 5.74) is 2.39. The zero-order valence-electron chi connectivity index (χ0n) is 13.9. The number of aromatic amines is 1. The molecule has 0 aliphatic heterocycles. The molecule has 1 amide bonds. The number of sulfonamides is 1. The van der Waals surface area contributed by atoms with E-state index in [9.17, 15) is 17.6 Å². The molecule has 3 N–H and O–H groups in total. The predicted molar refractivity (Wildman–Crippen MR) is 97.6 cm³/mol. The van der Waals surface area contributed by atoms with Gasteiger partial charge in [0.1, 0.15) is 11.6 Å². The Hall–Kier alpha value is -2.78. The molecule has 0 aliphatic rings. The Morgan fingerprint density at radius 3 is 2.77 bits per heavy atom. The molecule has 1 aromatic carbocycles. The minimum absolute atomic E-state index is 0.00448. The van der Waals surface area contributed by atoms with E-state index in [-0.39, 0.29) is 24.7 Å². The highest BCUT2D eigenvalue weighted by Gasteiger charge is 2.09. The van der Waals surface area contributed by atoms with Crippen molar-refractivity contribution in [2.45, 2.75) is 6.42 Å². The normalized spacial score (nSPS) is 11.6. The highest BCUT2D eigenvalue weighted by Crippen LogP contribution is 2.28. The lowest BCUT2D eigenvalue weighted by molar-refractivity contribution is -0.116. The van der Waals surface area contributed by atoms with Crippen LogP contribution in [0.2, 0.25) is 0 Å². The Labute approximate surface area is 149 Å². The Morgan fingerprint density at radius 1 is 1.27 bits per heavy atom. The second kappa shape index (κ2) is 7.22. The third-order valence-corrected chi connectivity index (χ3v) is 4.43. The van der Waals surface area contributed by atoms with E-state index in [0.717, 1.165) is 22.8 Å². The number of hydrogen-bond donors (Lipinski definition) is 3. The lowest BCUT2D eigenvalue weighted by Gasteiger charge is -2.06. The summed E-state index contributed by atoms with van der Waals surface area (Å²) >= 11 is 0. The summed E-state index contributed by atoms with van der Waals surface area (Å²) in [5, 5.41) is 3.48. The van der Waals surface area contributed by atoms with E-state index >= 15 is 0 Å². The largest absolute Gasteiger partial charge is 0.360 e. The number of rotatable bonds is 6. The van der Waals surface area contributed by atoms with E-state index in [1.54, 1.807) is 30.6 Å². The van der Waals surface area contributed by atoms with Crippen LogP contribution in [0.15, 0.2) is 42.7 Å². The number of anilines is 1. The third kappa shape index (κ3) is 4.44. The third-order valence-electron chi connectivity index (χ3n) is 3.70. The molecular formula is C17H17FN4O3S. The van der Waals surface area contributed by atoms with Crippen molar-refractivity contribution in [2.24, 2.45) is 0 Å². The van der Waals surface area contributed by atoms with Gasteiger partial charge in [-0.2, -0.15) is 0 Å². The van der Waals surface area contributed by atoms with Gasteiger partial charge in [0.05, 0.1) is 6.26 Å². The second-order valence-corrected chi connectivity index (χ2v) is 7.62. The minimum Gasteiger partial charge on any atom is -0.360 e. The van der Waals surface area contributed by atoms with Crippen LogP contribution in [-0.2, 0) is 14.8 Å². The number of nitrogens with zero attached hydrogens (tertiary/aromatic N) is 1. The number of aromatic nitrogens is 2. The molecule has 136 valence electrons. The maximum atomic E-state index is 13.3. The van der Waals surface area contributed by atoms with Crippen molar-refractivity contribution < 1.29 is 17.6 Å². The van der Waals surface area contributed by atoms with Gasteiger partial charge in [-0.15, -0.1) is 0 Å². The van der Waals surface area contributed by atoms with Crippen molar-refractivity contribution >= 4 is 32.7 Å². The first-order chi connectivity index (χ1) is 12.3. The van der Waals surface area contributed by atoms with Crippen LogP contribution in [0.5, 0.6) is 0 Å². The van der Waals surface area contributed by atoms with E-state index in [4.69, 9.17) is 0 Å². The van der Waals surface area contributed by atoms with E-state index in [0.29, 0.717) is 11.3 Å². The molecule has 3 rings (SSSR count). The number of nitrogens with one attached hydrogen (secondary N) is 3. The van der Waals surface area contributed by atoms with Gasteiger partial charge in [-0.05, 0) is 30.3 Å². The van der Waals surface area contributed by atoms with Gasteiger partial charge >= 0.3 is 0 Å². The summed E-state index contributed by atoms with van der Waals surface area (Å²) in [6, 6.07) is 7.96. The fourth-order valence-corrected chi connectivity index (χ4v) is 2.99. The fourth-order valence-electron chi connectivity index (χ4n) is 2.52. The summed E-state index contributed by atoms with van der Waals surface area (Å²) in [6.07, 6.45) is 4.42. The first-order valence-corrected chi connectivity index (χ1v) is 9.68. The Kier molecular flexibility index (Phi) is 5.01. The Balaban J connectivity index is 1.67. The van der Waals surface area contributed by atoms with Gasteiger partial charge in [-0.1, -0.05) is 0 Å². The number of benzene rings is 1. The number of fused-ring (bicyclic) bond motifs is 1. The maximum absolute atomic E-state index is 13.3. The van der Waals surface area contributed by atoms with Gasteiger partial charge in [0.2, 0.25) is 15.9 Å². The maximum Gasteiger partial charge on any atom is 0.226 e. The average molecular weight is 376 g/mol. The summed E-state index contributed by atoms with van der Waals surface area (Å²) in [7, 11) is -3.32. The van der Waals surface area contributed by atoms with Crippen molar-refractivity contribution in [3.05, 3.63) is 48.5 Å². The average Bonchev–Trinajstić information content (AvgIpc) is 2.97. The first kappa shape index (κ1) is 18.0. The number of halogens is 1. The first-order valence-electron chi connectivity index (χ1n) is 7.79. The molecule has 26 heavy (non-hydrogen) atoms. The van der Waals surface area contributed by atoms with Crippen LogP contribution in [-0.4, -0.2) is 37.1 Å². The second-order valence-electron chi connectivity index (χ2n) is 5.79. The van der Waals surface area contributed by atoms with Crippen LogP contribution in [0.1, 0.15) is 6.42 Å². The number of pyridine rings is 1. The molecule has 0 radical (unpaired) electrons. The molecule has 0 aliphatic carbocycles. The summed E-state index contributed by atoms with van der Waals surface area (Å²) in [4.78, 5) is 19.0. The molecule has 2 aromatic heterocycles. The van der Waals surface area contributed by atoms with Gasteiger partial charge < -0.3 is 10.3 Å². The van der Waals surface area contributed by atoms with Crippen molar-refractivity contribution in [1.82, 2.24) is 14.7 Å². The van der Waals surface area contributed by atoms with Crippen molar-refractivity contribution in [3.63, 3.8) is 0 Å². The quantitative estimate of drug-likeness (QED) is 0.614. The van der Waals surface area contributed by atoms with E-state index < -0.39 is 10.0 Å². The zero-order chi connectivity index (χ0) is 18.7. The highest BCUT2D eigenvalue weighted by atomic mass is 32.2. The SMILES string of the molecule is CS(=O)(=O)NCCC(=O)Nc1ccc(-c2c[nH]c3cc(F)ccc23)cn1. The molecule has 0 bridgehead atoms. The number of hydrogen-bond acceptors (Lipinski definition) is 4. The molecule has 0 saturated heterocycles. The van der Waals surface area contributed by atoms with Crippen LogP contribution >= 0.6 is 0 Å². The number of carbonyl (C=O) groups excluding carboxylic acids is 1. The van der Waals surface area contributed by atoms with Crippen LogP contribution in [0.3, 0.4) is 0 Å². The molecule has 0 fully saturated rings. The standard InChI is InChI=1S/C17H17FN4O3S/c1-26(24,25)21-7-6-17(23)22-16-5-2-11(9-20-16)14-10-19-15-8-12(18)3-4-13(14)15/h2-5,8-10,19,21H,6-7H2,1H3,(H,20,22,23). The predicted octanol–water partition coefficient (Wildman–Crippen LogP) is 2.25. The van der Waals surface area contributed by atoms with Crippen LogP contribution < -0.4 is 10.0 Å². The van der Waals surface area contributed by atoms with Crippen molar-refractivity contribution in [3.8, 4) is 11.1 Å². The monoisotopic (exact) mass is 376 g/mol. The van der Waals surface area contributed by atoms with Gasteiger partial charge in [0, 0.05) is 47.4 Å². The molecular weight excluding hydrogens is 359 g/mol. The number of amides is 1. The fraction of sp³-hybridized carbons (Fsp3) is 0.176. The molecule has 7 nitrogen and oxygen atoms in total. The lowest BCUT2D eigenvalue weighted by atomic mass is 10.1. The van der Waals surface area contributed by atoms with Crippen LogP contribution in [0.25, 0.3) is 22.0 Å². The lowest BCUT2D eigenvalue weighted by Crippen LogP contribution is -2.26. The Bertz CT molecular complexity index is 1050.